The van der Waals surface area contributed by atoms with E-state index in [9.17, 15) is 4.79 Å². The summed E-state index contributed by atoms with van der Waals surface area (Å²) >= 11 is 9.64. The smallest absolute Gasteiger partial charge is 0.204 e. The summed E-state index contributed by atoms with van der Waals surface area (Å²) in [5.74, 6) is 0.0570. The minimum Gasteiger partial charge on any atom is -0.288 e. The third-order valence-electron chi connectivity index (χ3n) is 2.41. The van der Waals surface area contributed by atoms with Gasteiger partial charge in [0, 0.05) is 19.0 Å². The number of hydrogen-bond acceptors (Lipinski definition) is 2. The Balaban J connectivity index is 2.39. The predicted octanol–water partition coefficient (Wildman–Crippen LogP) is 4.80. The zero-order chi connectivity index (χ0) is 12.4. The van der Waals surface area contributed by atoms with Crippen molar-refractivity contribution in [1.29, 1.82) is 0 Å². The van der Waals surface area contributed by atoms with Gasteiger partial charge in [-0.2, -0.15) is 0 Å². The number of hydrogen-bond donors (Lipinski definition) is 0. The van der Waals surface area contributed by atoms with Crippen molar-refractivity contribution < 1.29 is 4.79 Å². The number of carbonyl (C=O) groups excluding carboxylic acids is 1. The number of thiophene rings is 1. The second-order valence-electron chi connectivity index (χ2n) is 3.57. The van der Waals surface area contributed by atoms with E-state index in [1.807, 2.05) is 18.2 Å². The SMILES string of the molecule is CCc1ccc(C(=O)c2cc(Cl)ccc2I)s1. The second kappa shape index (κ2) is 5.50. The molecule has 0 radical (unpaired) electrons. The number of ketones is 1. The van der Waals surface area contributed by atoms with Gasteiger partial charge in [-0.3, -0.25) is 4.79 Å². The highest BCUT2D eigenvalue weighted by molar-refractivity contribution is 14.1. The largest absolute Gasteiger partial charge is 0.288 e. The van der Waals surface area contributed by atoms with Gasteiger partial charge in [-0.25, -0.2) is 0 Å². The fourth-order valence-corrected chi connectivity index (χ4v) is 3.15. The molecule has 88 valence electrons. The molecule has 0 bridgehead atoms. The van der Waals surface area contributed by atoms with Gasteiger partial charge in [0.2, 0.25) is 5.78 Å². The fourth-order valence-electron chi connectivity index (χ4n) is 1.49. The van der Waals surface area contributed by atoms with Crippen molar-refractivity contribution in [2.24, 2.45) is 0 Å². The first kappa shape index (κ1) is 13.1. The molecule has 4 heteroatoms. The molecule has 0 saturated carbocycles. The van der Waals surface area contributed by atoms with E-state index in [2.05, 4.69) is 29.5 Å². The molecule has 0 spiro atoms. The van der Waals surface area contributed by atoms with Crippen molar-refractivity contribution >= 4 is 51.3 Å². The van der Waals surface area contributed by atoms with Crippen molar-refractivity contribution in [1.82, 2.24) is 0 Å². The lowest BCUT2D eigenvalue weighted by molar-refractivity contribution is 0.104. The third-order valence-corrected chi connectivity index (χ3v) is 4.81. The van der Waals surface area contributed by atoms with Gasteiger partial charge in [0.05, 0.1) is 4.88 Å². The highest BCUT2D eigenvalue weighted by Gasteiger charge is 2.14. The molecule has 17 heavy (non-hydrogen) atoms. The Bertz CT molecular complexity index is 562. The average Bonchev–Trinajstić information content (AvgIpc) is 2.80. The Morgan fingerprint density at radius 1 is 1.35 bits per heavy atom. The molecule has 0 amide bonds. The predicted molar refractivity (Wildman–Crippen MR) is 81.3 cm³/mol. The zero-order valence-electron chi connectivity index (χ0n) is 9.17. The van der Waals surface area contributed by atoms with Crippen LogP contribution in [-0.2, 0) is 6.42 Å². The monoisotopic (exact) mass is 376 g/mol. The summed E-state index contributed by atoms with van der Waals surface area (Å²) in [6, 6.07) is 9.30. The van der Waals surface area contributed by atoms with Gasteiger partial charge in [-0.1, -0.05) is 18.5 Å². The Morgan fingerprint density at radius 3 is 2.76 bits per heavy atom. The minimum absolute atomic E-state index is 0.0570. The topological polar surface area (TPSA) is 17.1 Å². The van der Waals surface area contributed by atoms with Gasteiger partial charge in [-0.05, 0) is 59.3 Å². The summed E-state index contributed by atoms with van der Waals surface area (Å²) < 4.78 is 0.934. The highest BCUT2D eigenvalue weighted by atomic mass is 127. The molecule has 0 N–H and O–H groups in total. The van der Waals surface area contributed by atoms with Crippen LogP contribution in [0.15, 0.2) is 30.3 Å². The van der Waals surface area contributed by atoms with Crippen LogP contribution in [0.3, 0.4) is 0 Å². The first-order valence-electron chi connectivity index (χ1n) is 5.20. The van der Waals surface area contributed by atoms with E-state index in [0.717, 1.165) is 14.9 Å². The molecule has 0 aliphatic carbocycles. The Hall–Kier alpha value is -0.390. The van der Waals surface area contributed by atoms with Crippen molar-refractivity contribution in [3.63, 3.8) is 0 Å². The fraction of sp³-hybridized carbons (Fsp3) is 0.154. The van der Waals surface area contributed by atoms with E-state index < -0.39 is 0 Å². The third kappa shape index (κ3) is 2.89. The van der Waals surface area contributed by atoms with E-state index in [0.29, 0.717) is 10.6 Å². The molecular weight excluding hydrogens is 367 g/mol. The van der Waals surface area contributed by atoms with Gasteiger partial charge >= 0.3 is 0 Å². The molecule has 1 aromatic carbocycles. The second-order valence-corrected chi connectivity index (χ2v) is 6.34. The van der Waals surface area contributed by atoms with Crippen LogP contribution in [-0.4, -0.2) is 5.78 Å². The van der Waals surface area contributed by atoms with Crippen LogP contribution in [0.4, 0.5) is 0 Å². The van der Waals surface area contributed by atoms with Crippen LogP contribution < -0.4 is 0 Å². The van der Waals surface area contributed by atoms with Crippen LogP contribution in [0.2, 0.25) is 5.02 Å². The van der Waals surface area contributed by atoms with Crippen LogP contribution in [0.25, 0.3) is 0 Å². The average molecular weight is 377 g/mol. The summed E-state index contributed by atoms with van der Waals surface area (Å²) in [6.07, 6.45) is 0.963. The van der Waals surface area contributed by atoms with Crippen LogP contribution in [0.1, 0.15) is 27.0 Å². The van der Waals surface area contributed by atoms with Gasteiger partial charge in [0.1, 0.15) is 0 Å². The van der Waals surface area contributed by atoms with Crippen LogP contribution in [0, 0.1) is 3.57 Å². The summed E-state index contributed by atoms with van der Waals surface area (Å²) in [5, 5.41) is 0.598. The normalized spacial score (nSPS) is 10.5. The number of rotatable bonds is 3. The van der Waals surface area contributed by atoms with E-state index in [4.69, 9.17) is 11.6 Å². The van der Waals surface area contributed by atoms with Crippen molar-refractivity contribution in [2.45, 2.75) is 13.3 Å². The van der Waals surface area contributed by atoms with E-state index in [1.54, 1.807) is 23.5 Å². The Morgan fingerprint density at radius 2 is 2.12 bits per heavy atom. The summed E-state index contributed by atoms with van der Waals surface area (Å²) in [7, 11) is 0. The molecule has 0 aliphatic heterocycles. The van der Waals surface area contributed by atoms with Gasteiger partial charge in [0.25, 0.3) is 0 Å². The van der Waals surface area contributed by atoms with Crippen molar-refractivity contribution in [3.8, 4) is 0 Å². The number of carbonyl (C=O) groups is 1. The lowest BCUT2D eigenvalue weighted by atomic mass is 10.1. The van der Waals surface area contributed by atoms with Crippen LogP contribution >= 0.6 is 45.5 Å². The number of benzene rings is 1. The molecule has 1 nitrogen and oxygen atoms in total. The first-order valence-corrected chi connectivity index (χ1v) is 7.47. The van der Waals surface area contributed by atoms with Crippen molar-refractivity contribution in [2.75, 3.05) is 0 Å². The van der Waals surface area contributed by atoms with E-state index in [1.165, 1.54) is 4.88 Å². The molecule has 1 heterocycles. The molecule has 0 unspecified atom stereocenters. The molecule has 0 fully saturated rings. The first-order chi connectivity index (χ1) is 8.11. The minimum atomic E-state index is 0.0570. The standard InChI is InChI=1S/C13H10ClIOS/c1-2-9-4-6-12(17-9)13(16)10-7-8(14)3-5-11(10)15/h3-7H,2H2,1H3. The molecule has 0 saturated heterocycles. The Labute approximate surface area is 123 Å². The molecule has 0 atom stereocenters. The lowest BCUT2D eigenvalue weighted by Gasteiger charge is -2.02. The zero-order valence-corrected chi connectivity index (χ0v) is 12.9. The van der Waals surface area contributed by atoms with Gasteiger partial charge in [-0.15, -0.1) is 11.3 Å². The highest BCUT2D eigenvalue weighted by Crippen LogP contribution is 2.25. The summed E-state index contributed by atoms with van der Waals surface area (Å²) in [5.41, 5.74) is 0.683. The quantitative estimate of drug-likeness (QED) is 0.555. The molecule has 2 rings (SSSR count). The number of aryl methyl sites for hydroxylation is 1. The molecule has 2 aromatic rings. The number of halogens is 2. The van der Waals surface area contributed by atoms with Gasteiger partial charge < -0.3 is 0 Å². The van der Waals surface area contributed by atoms with Gasteiger partial charge in [0.15, 0.2) is 0 Å². The Kier molecular flexibility index (Phi) is 4.22. The maximum absolute atomic E-state index is 12.3. The molecule has 0 aliphatic rings. The molecule has 1 aromatic heterocycles. The van der Waals surface area contributed by atoms with E-state index >= 15 is 0 Å². The maximum atomic E-state index is 12.3. The summed E-state index contributed by atoms with van der Waals surface area (Å²) in [4.78, 5) is 14.3. The van der Waals surface area contributed by atoms with Crippen LogP contribution in [0.5, 0.6) is 0 Å². The maximum Gasteiger partial charge on any atom is 0.204 e. The van der Waals surface area contributed by atoms with E-state index in [-0.39, 0.29) is 5.78 Å². The van der Waals surface area contributed by atoms with Crippen molar-refractivity contribution in [3.05, 3.63) is 54.2 Å². The summed E-state index contributed by atoms with van der Waals surface area (Å²) in [6.45, 7) is 2.09. The molecular formula is C13H10ClIOS. The lowest BCUT2D eigenvalue weighted by Crippen LogP contribution is -2.01.